The Kier molecular flexibility index (Phi) is 4.98. The second kappa shape index (κ2) is 6.39. The van der Waals surface area contributed by atoms with Crippen LogP contribution in [0.2, 0.25) is 0 Å². The number of nitrogens with zero attached hydrogens (tertiary/aromatic N) is 1. The molecular formula is C19H32N2. The summed E-state index contributed by atoms with van der Waals surface area (Å²) < 4.78 is 0. The normalized spacial score (nSPS) is 23.7. The van der Waals surface area contributed by atoms with Crippen LogP contribution in [0.25, 0.3) is 0 Å². The Bertz CT molecular complexity index is 442. The van der Waals surface area contributed by atoms with E-state index in [4.69, 9.17) is 0 Å². The van der Waals surface area contributed by atoms with Gasteiger partial charge in [-0.2, -0.15) is 0 Å². The number of benzene rings is 1. The van der Waals surface area contributed by atoms with E-state index < -0.39 is 0 Å². The lowest BCUT2D eigenvalue weighted by Gasteiger charge is -2.46. The number of anilines is 1. The predicted molar refractivity (Wildman–Crippen MR) is 93.2 cm³/mol. The van der Waals surface area contributed by atoms with Crippen LogP contribution in [0.15, 0.2) is 24.3 Å². The topological polar surface area (TPSA) is 15.3 Å². The zero-order valence-electron chi connectivity index (χ0n) is 14.6. The van der Waals surface area contributed by atoms with Gasteiger partial charge < -0.3 is 10.2 Å². The van der Waals surface area contributed by atoms with Crippen LogP contribution in [0.3, 0.4) is 0 Å². The zero-order valence-corrected chi connectivity index (χ0v) is 14.6. The minimum absolute atomic E-state index is 0.300. The zero-order chi connectivity index (χ0) is 15.6. The van der Waals surface area contributed by atoms with E-state index in [1.165, 1.54) is 17.7 Å². The highest BCUT2D eigenvalue weighted by molar-refractivity contribution is 5.50. The summed E-state index contributed by atoms with van der Waals surface area (Å²) in [5.41, 5.74) is 3.10. The van der Waals surface area contributed by atoms with Crippen LogP contribution in [0.4, 0.5) is 5.69 Å². The van der Waals surface area contributed by atoms with Gasteiger partial charge in [0.2, 0.25) is 0 Å². The van der Waals surface area contributed by atoms with Gasteiger partial charge in [0, 0.05) is 30.9 Å². The van der Waals surface area contributed by atoms with Crippen molar-refractivity contribution < 1.29 is 0 Å². The highest BCUT2D eigenvalue weighted by atomic mass is 15.2. The summed E-state index contributed by atoms with van der Waals surface area (Å²) in [4.78, 5) is 2.61. The molecule has 118 valence electrons. The minimum Gasteiger partial charge on any atom is -0.366 e. The molecule has 2 rings (SSSR count). The van der Waals surface area contributed by atoms with Crippen LogP contribution in [0.1, 0.15) is 59.4 Å². The van der Waals surface area contributed by atoms with Gasteiger partial charge in [-0.1, -0.05) is 53.7 Å². The van der Waals surface area contributed by atoms with E-state index in [0.717, 1.165) is 13.1 Å². The molecule has 1 fully saturated rings. The Balaban J connectivity index is 2.20. The predicted octanol–water partition coefficient (Wildman–Crippen LogP) is 4.41. The van der Waals surface area contributed by atoms with E-state index in [2.05, 4.69) is 76.0 Å². The molecular weight excluding hydrogens is 256 g/mol. The SMILES string of the molecule is CCC1CNC(C(C)(C)C)CN1c1ccc(C(C)C)cc1. The molecule has 1 N–H and O–H groups in total. The van der Waals surface area contributed by atoms with Crippen LogP contribution in [-0.4, -0.2) is 25.2 Å². The average molecular weight is 288 g/mol. The molecule has 0 amide bonds. The number of hydrogen-bond donors (Lipinski definition) is 1. The quantitative estimate of drug-likeness (QED) is 0.886. The third-order valence-electron chi connectivity index (χ3n) is 4.83. The van der Waals surface area contributed by atoms with Gasteiger partial charge in [-0.05, 0) is 35.4 Å². The number of hydrogen-bond acceptors (Lipinski definition) is 2. The lowest BCUT2D eigenvalue weighted by molar-refractivity contribution is 0.233. The molecule has 2 unspecified atom stereocenters. The van der Waals surface area contributed by atoms with Crippen molar-refractivity contribution in [1.82, 2.24) is 5.32 Å². The molecule has 1 aliphatic heterocycles. The molecule has 1 saturated heterocycles. The Hall–Kier alpha value is -1.02. The summed E-state index contributed by atoms with van der Waals surface area (Å²) in [6, 6.07) is 10.4. The molecule has 0 bridgehead atoms. The van der Waals surface area contributed by atoms with Gasteiger partial charge in [0.15, 0.2) is 0 Å². The Morgan fingerprint density at radius 1 is 1.19 bits per heavy atom. The van der Waals surface area contributed by atoms with E-state index in [-0.39, 0.29) is 0 Å². The third-order valence-corrected chi connectivity index (χ3v) is 4.83. The van der Waals surface area contributed by atoms with Crippen molar-refractivity contribution in [3.05, 3.63) is 29.8 Å². The molecule has 0 aliphatic carbocycles. The Morgan fingerprint density at radius 2 is 1.81 bits per heavy atom. The molecule has 1 aliphatic rings. The maximum Gasteiger partial charge on any atom is 0.0412 e. The largest absolute Gasteiger partial charge is 0.366 e. The summed E-state index contributed by atoms with van der Waals surface area (Å²) in [6.45, 7) is 16.0. The van der Waals surface area contributed by atoms with Crippen LogP contribution in [0.5, 0.6) is 0 Å². The first-order valence-electron chi connectivity index (χ1n) is 8.43. The lowest BCUT2D eigenvalue weighted by Crippen LogP contribution is -2.60. The van der Waals surface area contributed by atoms with Crippen molar-refractivity contribution in [2.45, 2.75) is 66.0 Å². The first-order chi connectivity index (χ1) is 9.82. The van der Waals surface area contributed by atoms with E-state index in [9.17, 15) is 0 Å². The molecule has 0 radical (unpaired) electrons. The molecule has 21 heavy (non-hydrogen) atoms. The first-order valence-corrected chi connectivity index (χ1v) is 8.43. The number of nitrogens with one attached hydrogen (secondary N) is 1. The molecule has 2 atom stereocenters. The van der Waals surface area contributed by atoms with E-state index in [1.54, 1.807) is 0 Å². The van der Waals surface area contributed by atoms with Gasteiger partial charge in [0.1, 0.15) is 0 Å². The fourth-order valence-corrected chi connectivity index (χ4v) is 3.11. The minimum atomic E-state index is 0.300. The van der Waals surface area contributed by atoms with Crippen molar-refractivity contribution in [3.8, 4) is 0 Å². The van der Waals surface area contributed by atoms with Gasteiger partial charge in [-0.3, -0.25) is 0 Å². The summed E-state index contributed by atoms with van der Waals surface area (Å²) in [7, 11) is 0. The monoisotopic (exact) mass is 288 g/mol. The van der Waals surface area contributed by atoms with Gasteiger partial charge in [-0.25, -0.2) is 0 Å². The molecule has 0 saturated carbocycles. The molecule has 1 aromatic carbocycles. The van der Waals surface area contributed by atoms with Crippen molar-refractivity contribution >= 4 is 5.69 Å². The summed E-state index contributed by atoms with van der Waals surface area (Å²) in [5.74, 6) is 0.603. The van der Waals surface area contributed by atoms with Crippen molar-refractivity contribution in [3.63, 3.8) is 0 Å². The highest BCUT2D eigenvalue weighted by Gasteiger charge is 2.33. The van der Waals surface area contributed by atoms with Crippen LogP contribution in [-0.2, 0) is 0 Å². The van der Waals surface area contributed by atoms with Crippen molar-refractivity contribution in [2.24, 2.45) is 5.41 Å². The average Bonchev–Trinajstić information content (AvgIpc) is 2.45. The smallest absolute Gasteiger partial charge is 0.0412 e. The van der Waals surface area contributed by atoms with Gasteiger partial charge in [0.25, 0.3) is 0 Å². The first kappa shape index (κ1) is 16.4. The van der Waals surface area contributed by atoms with E-state index in [1.807, 2.05) is 0 Å². The van der Waals surface area contributed by atoms with Gasteiger partial charge >= 0.3 is 0 Å². The standard InChI is InChI=1S/C19H32N2/c1-7-16-12-20-18(19(4,5)6)13-21(16)17-10-8-15(9-11-17)14(2)3/h8-11,14,16,18,20H,7,12-13H2,1-6H3. The molecule has 0 aromatic heterocycles. The fourth-order valence-electron chi connectivity index (χ4n) is 3.11. The molecule has 2 nitrogen and oxygen atoms in total. The second-order valence-corrected chi connectivity index (χ2v) is 7.79. The van der Waals surface area contributed by atoms with E-state index in [0.29, 0.717) is 23.4 Å². The molecule has 2 heteroatoms. The van der Waals surface area contributed by atoms with Crippen molar-refractivity contribution in [1.29, 1.82) is 0 Å². The highest BCUT2D eigenvalue weighted by Crippen LogP contribution is 2.29. The number of piperazine rings is 1. The van der Waals surface area contributed by atoms with Gasteiger partial charge in [-0.15, -0.1) is 0 Å². The molecule has 1 heterocycles. The molecule has 1 aromatic rings. The summed E-state index contributed by atoms with van der Waals surface area (Å²) in [5, 5.41) is 3.75. The Labute approximate surface area is 130 Å². The van der Waals surface area contributed by atoms with Crippen LogP contribution < -0.4 is 10.2 Å². The lowest BCUT2D eigenvalue weighted by atomic mass is 9.84. The Morgan fingerprint density at radius 3 is 2.29 bits per heavy atom. The summed E-state index contributed by atoms with van der Waals surface area (Å²) in [6.07, 6.45) is 1.19. The van der Waals surface area contributed by atoms with E-state index >= 15 is 0 Å². The van der Waals surface area contributed by atoms with Crippen molar-refractivity contribution in [2.75, 3.05) is 18.0 Å². The second-order valence-electron chi connectivity index (χ2n) is 7.79. The number of rotatable bonds is 3. The maximum absolute atomic E-state index is 3.75. The fraction of sp³-hybridized carbons (Fsp3) is 0.684. The van der Waals surface area contributed by atoms with Gasteiger partial charge in [0.05, 0.1) is 0 Å². The van der Waals surface area contributed by atoms with Crippen LogP contribution in [0, 0.1) is 5.41 Å². The summed E-state index contributed by atoms with van der Waals surface area (Å²) >= 11 is 0. The molecule has 0 spiro atoms. The maximum atomic E-state index is 3.75. The third kappa shape index (κ3) is 3.79. The van der Waals surface area contributed by atoms with Crippen LogP contribution >= 0.6 is 0 Å².